The molecule has 1 saturated heterocycles. The van der Waals surface area contributed by atoms with Gasteiger partial charge in [-0.3, -0.25) is 0 Å². The standard InChI is InChI=1S/C11H14O4/c1-12-8-5-10(14-3)9(13-2)4-7(8)11-6-15-11/h4-5,11H,6H2,1-3H3/t11-/m1/s1. The first-order valence-electron chi connectivity index (χ1n) is 4.71. The molecule has 1 heterocycles. The minimum absolute atomic E-state index is 0.139. The van der Waals surface area contributed by atoms with Crippen molar-refractivity contribution >= 4 is 0 Å². The summed E-state index contributed by atoms with van der Waals surface area (Å²) in [5, 5.41) is 0. The van der Waals surface area contributed by atoms with Crippen molar-refractivity contribution in [2.75, 3.05) is 27.9 Å². The summed E-state index contributed by atoms with van der Waals surface area (Å²) in [6.07, 6.45) is 0.139. The van der Waals surface area contributed by atoms with Crippen molar-refractivity contribution in [2.45, 2.75) is 6.10 Å². The van der Waals surface area contributed by atoms with Gasteiger partial charge in [0.05, 0.1) is 27.9 Å². The minimum Gasteiger partial charge on any atom is -0.496 e. The lowest BCUT2D eigenvalue weighted by Gasteiger charge is -2.12. The summed E-state index contributed by atoms with van der Waals surface area (Å²) in [4.78, 5) is 0. The number of methoxy groups -OCH3 is 3. The Labute approximate surface area is 88.7 Å². The van der Waals surface area contributed by atoms with E-state index < -0.39 is 0 Å². The lowest BCUT2D eigenvalue weighted by atomic mass is 10.1. The predicted octanol–water partition coefficient (Wildman–Crippen LogP) is 1.78. The Kier molecular flexibility index (Phi) is 2.68. The SMILES string of the molecule is COc1cc(OC)c([C@H]2CO2)cc1OC. The summed E-state index contributed by atoms with van der Waals surface area (Å²) in [6, 6.07) is 3.71. The Bertz CT molecular complexity index is 358. The molecule has 1 fully saturated rings. The molecule has 0 unspecified atom stereocenters. The van der Waals surface area contributed by atoms with Crippen molar-refractivity contribution in [2.24, 2.45) is 0 Å². The van der Waals surface area contributed by atoms with Crippen LogP contribution in [0.25, 0.3) is 0 Å². The molecule has 0 N–H and O–H groups in total. The topological polar surface area (TPSA) is 40.2 Å². The molecule has 0 amide bonds. The van der Waals surface area contributed by atoms with E-state index in [4.69, 9.17) is 18.9 Å². The minimum atomic E-state index is 0.139. The van der Waals surface area contributed by atoms with Gasteiger partial charge in [-0.1, -0.05) is 0 Å². The third kappa shape index (κ3) is 1.85. The van der Waals surface area contributed by atoms with Gasteiger partial charge in [0.2, 0.25) is 0 Å². The molecule has 1 atom stereocenters. The monoisotopic (exact) mass is 210 g/mol. The van der Waals surface area contributed by atoms with Gasteiger partial charge in [0.1, 0.15) is 11.9 Å². The fourth-order valence-electron chi connectivity index (χ4n) is 1.53. The third-order valence-electron chi connectivity index (χ3n) is 2.42. The van der Waals surface area contributed by atoms with Crippen LogP contribution in [-0.4, -0.2) is 27.9 Å². The highest BCUT2D eigenvalue weighted by atomic mass is 16.6. The van der Waals surface area contributed by atoms with E-state index in [0.717, 1.165) is 17.9 Å². The van der Waals surface area contributed by atoms with Gasteiger partial charge >= 0.3 is 0 Å². The normalized spacial score (nSPS) is 18.5. The van der Waals surface area contributed by atoms with Crippen LogP contribution in [-0.2, 0) is 4.74 Å². The molecule has 15 heavy (non-hydrogen) atoms. The van der Waals surface area contributed by atoms with Gasteiger partial charge < -0.3 is 18.9 Å². The lowest BCUT2D eigenvalue weighted by molar-refractivity contribution is 0.343. The fourth-order valence-corrected chi connectivity index (χ4v) is 1.53. The summed E-state index contributed by atoms with van der Waals surface area (Å²) in [6.45, 7) is 0.742. The summed E-state index contributed by atoms with van der Waals surface area (Å²) < 4.78 is 20.9. The summed E-state index contributed by atoms with van der Waals surface area (Å²) in [5.41, 5.74) is 1.01. The molecule has 0 saturated carbocycles. The molecule has 1 aromatic rings. The van der Waals surface area contributed by atoms with Crippen LogP contribution >= 0.6 is 0 Å². The second-order valence-corrected chi connectivity index (χ2v) is 3.27. The van der Waals surface area contributed by atoms with Crippen molar-refractivity contribution in [3.63, 3.8) is 0 Å². The quantitative estimate of drug-likeness (QED) is 0.710. The zero-order valence-electron chi connectivity index (χ0n) is 9.07. The molecule has 1 aliphatic heterocycles. The molecule has 0 radical (unpaired) electrons. The van der Waals surface area contributed by atoms with Crippen molar-refractivity contribution in [1.82, 2.24) is 0 Å². The van der Waals surface area contributed by atoms with Crippen LogP contribution in [0.4, 0.5) is 0 Å². The molecule has 4 nitrogen and oxygen atoms in total. The van der Waals surface area contributed by atoms with Crippen LogP contribution in [0.3, 0.4) is 0 Å². The smallest absolute Gasteiger partial charge is 0.164 e. The van der Waals surface area contributed by atoms with Crippen LogP contribution in [0.5, 0.6) is 17.2 Å². The lowest BCUT2D eigenvalue weighted by Crippen LogP contribution is -1.96. The first-order valence-corrected chi connectivity index (χ1v) is 4.71. The fraction of sp³-hybridized carbons (Fsp3) is 0.455. The summed E-state index contributed by atoms with van der Waals surface area (Å²) in [5.74, 6) is 2.14. The van der Waals surface area contributed by atoms with E-state index in [1.807, 2.05) is 12.1 Å². The van der Waals surface area contributed by atoms with E-state index in [2.05, 4.69) is 0 Å². The Hall–Kier alpha value is -1.42. The summed E-state index contributed by atoms with van der Waals surface area (Å²) >= 11 is 0. The van der Waals surface area contributed by atoms with E-state index in [0.29, 0.717) is 11.5 Å². The molecule has 0 aliphatic carbocycles. The number of benzene rings is 1. The molecule has 0 bridgehead atoms. The first-order chi connectivity index (χ1) is 7.30. The maximum atomic E-state index is 5.27. The van der Waals surface area contributed by atoms with Gasteiger partial charge in [-0.2, -0.15) is 0 Å². The predicted molar refractivity (Wildman–Crippen MR) is 54.8 cm³/mol. The average molecular weight is 210 g/mol. The van der Waals surface area contributed by atoms with E-state index in [9.17, 15) is 0 Å². The van der Waals surface area contributed by atoms with Gasteiger partial charge in [0, 0.05) is 11.6 Å². The van der Waals surface area contributed by atoms with E-state index >= 15 is 0 Å². The van der Waals surface area contributed by atoms with Crippen molar-refractivity contribution in [1.29, 1.82) is 0 Å². The largest absolute Gasteiger partial charge is 0.496 e. The van der Waals surface area contributed by atoms with Gasteiger partial charge in [-0.25, -0.2) is 0 Å². The molecular weight excluding hydrogens is 196 g/mol. The molecule has 4 heteroatoms. The van der Waals surface area contributed by atoms with Crippen LogP contribution in [0.15, 0.2) is 12.1 Å². The average Bonchev–Trinajstić information content (AvgIpc) is 3.11. The molecule has 0 spiro atoms. The van der Waals surface area contributed by atoms with Gasteiger partial charge in [0.25, 0.3) is 0 Å². The Morgan fingerprint density at radius 1 is 1.00 bits per heavy atom. The summed E-state index contributed by atoms with van der Waals surface area (Å²) in [7, 11) is 4.85. The number of ether oxygens (including phenoxy) is 4. The van der Waals surface area contributed by atoms with Crippen LogP contribution in [0.1, 0.15) is 11.7 Å². The second kappa shape index (κ2) is 3.98. The zero-order valence-corrected chi connectivity index (χ0v) is 9.07. The van der Waals surface area contributed by atoms with Crippen molar-refractivity contribution in [3.05, 3.63) is 17.7 Å². The molecule has 0 aromatic heterocycles. The number of rotatable bonds is 4. The van der Waals surface area contributed by atoms with Crippen molar-refractivity contribution in [3.8, 4) is 17.2 Å². The van der Waals surface area contributed by atoms with Gasteiger partial charge in [-0.15, -0.1) is 0 Å². The third-order valence-corrected chi connectivity index (χ3v) is 2.42. The maximum absolute atomic E-state index is 5.27. The highest BCUT2D eigenvalue weighted by Crippen LogP contribution is 2.42. The molecular formula is C11H14O4. The van der Waals surface area contributed by atoms with Crippen molar-refractivity contribution < 1.29 is 18.9 Å². The number of hydrogen-bond acceptors (Lipinski definition) is 4. The van der Waals surface area contributed by atoms with E-state index in [1.165, 1.54) is 0 Å². The highest BCUT2D eigenvalue weighted by Gasteiger charge is 2.29. The molecule has 1 aliphatic rings. The van der Waals surface area contributed by atoms with Crippen LogP contribution in [0, 0.1) is 0 Å². The van der Waals surface area contributed by atoms with Gasteiger partial charge in [-0.05, 0) is 6.07 Å². The zero-order chi connectivity index (χ0) is 10.8. The first kappa shape index (κ1) is 10.1. The molecule has 1 aromatic carbocycles. The van der Waals surface area contributed by atoms with Crippen LogP contribution in [0.2, 0.25) is 0 Å². The van der Waals surface area contributed by atoms with Gasteiger partial charge in [0.15, 0.2) is 11.5 Å². The molecule has 82 valence electrons. The number of epoxide rings is 1. The number of hydrogen-bond donors (Lipinski definition) is 0. The molecule has 2 rings (SSSR count). The Morgan fingerprint density at radius 3 is 2.00 bits per heavy atom. The Morgan fingerprint density at radius 2 is 1.53 bits per heavy atom. The van der Waals surface area contributed by atoms with Crippen LogP contribution < -0.4 is 14.2 Å². The Balaban J connectivity index is 2.44. The maximum Gasteiger partial charge on any atom is 0.164 e. The van der Waals surface area contributed by atoms with E-state index in [-0.39, 0.29) is 6.10 Å². The second-order valence-electron chi connectivity index (χ2n) is 3.27. The van der Waals surface area contributed by atoms with E-state index in [1.54, 1.807) is 21.3 Å². The highest BCUT2D eigenvalue weighted by molar-refractivity contribution is 5.52.